The molecule has 3 rings (SSSR count). The molecule has 0 spiro atoms. The van der Waals surface area contributed by atoms with E-state index in [4.69, 9.17) is 6.57 Å². The van der Waals surface area contributed by atoms with Gasteiger partial charge in [0.05, 0.1) is 12.0 Å². The van der Waals surface area contributed by atoms with Gasteiger partial charge in [0.2, 0.25) is 5.70 Å². The summed E-state index contributed by atoms with van der Waals surface area (Å²) in [6, 6.07) is 0. The topological polar surface area (TPSA) is 75.8 Å². The van der Waals surface area contributed by atoms with Crippen LogP contribution in [0.1, 0.15) is 46.5 Å². The molecule has 0 aromatic heterocycles. The van der Waals surface area contributed by atoms with E-state index in [2.05, 4.69) is 4.85 Å². The summed E-state index contributed by atoms with van der Waals surface area (Å²) in [6.45, 7) is 12.9. The number of allylic oxidation sites excluding steroid dienone is 3. The second-order valence-electron chi connectivity index (χ2n) is 7.98. The average molecular weight is 327 g/mol. The molecule has 126 valence electrons. The molecule has 3 aliphatic carbocycles. The molecule has 0 radical (unpaired) electrons. The molecule has 0 aromatic carbocycles. The molecule has 24 heavy (non-hydrogen) atoms. The Morgan fingerprint density at radius 1 is 1.29 bits per heavy atom. The number of carbonyl (C=O) groups excluding carboxylic acids is 2. The summed E-state index contributed by atoms with van der Waals surface area (Å²) in [4.78, 5) is 40.2. The molecule has 0 aliphatic heterocycles. The number of hydrogen-bond donors (Lipinski definition) is 1. The van der Waals surface area contributed by atoms with Crippen molar-refractivity contribution in [3.05, 3.63) is 34.8 Å². The molecule has 3 aliphatic rings. The van der Waals surface area contributed by atoms with Crippen LogP contribution in [0.3, 0.4) is 0 Å². The third kappa shape index (κ3) is 1.89. The molecule has 1 fully saturated rings. The van der Waals surface area contributed by atoms with E-state index >= 15 is 0 Å². The SMILES string of the molecule is [C-]#[N+]C1=C[C@]2(C)C3=CC(=O)CC[C@]3(C(=O)O)CC[C@H]2C(C)(C)C1=O. The van der Waals surface area contributed by atoms with Crippen LogP contribution in [0.15, 0.2) is 23.4 Å². The maximum atomic E-state index is 12.6. The summed E-state index contributed by atoms with van der Waals surface area (Å²) >= 11 is 0. The van der Waals surface area contributed by atoms with Crippen LogP contribution in [0.2, 0.25) is 0 Å². The molecule has 5 heteroatoms. The molecule has 1 N–H and O–H groups in total. The monoisotopic (exact) mass is 327 g/mol. The van der Waals surface area contributed by atoms with Crippen molar-refractivity contribution < 1.29 is 19.5 Å². The van der Waals surface area contributed by atoms with Crippen LogP contribution in [0.5, 0.6) is 0 Å². The molecule has 3 atom stereocenters. The van der Waals surface area contributed by atoms with Gasteiger partial charge >= 0.3 is 5.97 Å². The summed E-state index contributed by atoms with van der Waals surface area (Å²) < 4.78 is 0. The first-order valence-electron chi connectivity index (χ1n) is 8.23. The van der Waals surface area contributed by atoms with E-state index in [9.17, 15) is 19.5 Å². The first-order chi connectivity index (χ1) is 11.1. The van der Waals surface area contributed by atoms with Gasteiger partial charge in [-0.3, -0.25) is 9.59 Å². The minimum atomic E-state index is -1.06. The number of rotatable bonds is 1. The Morgan fingerprint density at radius 2 is 1.96 bits per heavy atom. The third-order valence-electron chi connectivity index (χ3n) is 6.44. The summed E-state index contributed by atoms with van der Waals surface area (Å²) in [5.41, 5.74) is -1.94. The smallest absolute Gasteiger partial charge is 0.313 e. The molecule has 0 amide bonds. The van der Waals surface area contributed by atoms with Gasteiger partial charge in [-0.25, -0.2) is 4.85 Å². The average Bonchev–Trinajstić information content (AvgIpc) is 2.51. The zero-order valence-corrected chi connectivity index (χ0v) is 14.2. The van der Waals surface area contributed by atoms with Gasteiger partial charge in [-0.15, -0.1) is 0 Å². The number of aliphatic carboxylic acids is 1. The summed E-state index contributed by atoms with van der Waals surface area (Å²) in [7, 11) is 0. The van der Waals surface area contributed by atoms with Crippen molar-refractivity contribution in [2.45, 2.75) is 46.5 Å². The van der Waals surface area contributed by atoms with E-state index in [1.165, 1.54) is 6.08 Å². The molecular weight excluding hydrogens is 306 g/mol. The molecule has 0 heterocycles. The molecule has 1 saturated carbocycles. The number of fused-ring (bicyclic) bond motifs is 3. The zero-order chi connectivity index (χ0) is 17.9. The van der Waals surface area contributed by atoms with Gasteiger partial charge in [-0.05, 0) is 36.8 Å². The van der Waals surface area contributed by atoms with Crippen molar-refractivity contribution in [3.63, 3.8) is 0 Å². The van der Waals surface area contributed by atoms with E-state index in [0.29, 0.717) is 24.8 Å². The number of carboxylic acid groups (broad SMARTS) is 1. The van der Waals surface area contributed by atoms with Crippen molar-refractivity contribution in [3.8, 4) is 0 Å². The van der Waals surface area contributed by atoms with E-state index < -0.39 is 22.2 Å². The van der Waals surface area contributed by atoms with Gasteiger partial charge < -0.3 is 9.90 Å². The maximum absolute atomic E-state index is 12.6. The maximum Gasteiger partial charge on any atom is 0.313 e. The number of carbonyl (C=O) groups is 3. The standard InChI is InChI=1S/C19H21NO4/c1-17(2)13-6-8-19(16(23)24)7-5-11(21)9-14(19)18(13,3)10-12(20-4)15(17)22/h9-10,13H,5-8H2,1-3H3,(H,23,24)/t13-,18-,19-/m0/s1. The molecule has 5 nitrogen and oxygen atoms in total. The Bertz CT molecular complexity index is 767. The zero-order valence-electron chi connectivity index (χ0n) is 14.2. The van der Waals surface area contributed by atoms with Crippen molar-refractivity contribution >= 4 is 17.5 Å². The molecule has 0 bridgehead atoms. The van der Waals surface area contributed by atoms with E-state index in [1.807, 2.05) is 20.8 Å². The molecule has 0 saturated heterocycles. The Kier molecular flexibility index (Phi) is 3.39. The van der Waals surface area contributed by atoms with Gasteiger partial charge in [-0.1, -0.05) is 26.8 Å². The van der Waals surface area contributed by atoms with Crippen molar-refractivity contribution in [1.82, 2.24) is 0 Å². The lowest BCUT2D eigenvalue weighted by atomic mass is 9.45. The lowest BCUT2D eigenvalue weighted by molar-refractivity contribution is -0.152. The fourth-order valence-corrected chi connectivity index (χ4v) is 5.19. The normalized spacial score (nSPS) is 37.5. The van der Waals surface area contributed by atoms with E-state index in [1.54, 1.807) is 6.08 Å². The highest BCUT2D eigenvalue weighted by Crippen LogP contribution is 2.64. The van der Waals surface area contributed by atoms with Gasteiger partial charge in [-0.2, -0.15) is 0 Å². The molecule has 0 unspecified atom stereocenters. The predicted molar refractivity (Wildman–Crippen MR) is 86.7 cm³/mol. The van der Waals surface area contributed by atoms with Crippen LogP contribution < -0.4 is 0 Å². The number of Topliss-reactive ketones (excluding diaryl/α,β-unsaturated/α-hetero) is 1. The Labute approximate surface area is 141 Å². The quantitative estimate of drug-likeness (QED) is 0.751. The van der Waals surface area contributed by atoms with Crippen LogP contribution in [0.25, 0.3) is 4.85 Å². The van der Waals surface area contributed by atoms with Gasteiger partial charge in [0.25, 0.3) is 0 Å². The van der Waals surface area contributed by atoms with E-state index in [0.717, 1.165) is 0 Å². The Hall–Kier alpha value is -2.22. The highest BCUT2D eigenvalue weighted by atomic mass is 16.4. The first kappa shape index (κ1) is 16.6. The van der Waals surface area contributed by atoms with Crippen LogP contribution in [-0.4, -0.2) is 22.6 Å². The first-order valence-corrected chi connectivity index (χ1v) is 8.23. The number of ketones is 2. The number of nitrogens with zero attached hydrogens (tertiary/aromatic N) is 1. The van der Waals surface area contributed by atoms with Gasteiger partial charge in [0, 0.05) is 17.3 Å². The summed E-state index contributed by atoms with van der Waals surface area (Å²) in [5.74, 6) is -1.29. The van der Waals surface area contributed by atoms with Gasteiger partial charge in [0.15, 0.2) is 11.6 Å². The summed E-state index contributed by atoms with van der Waals surface area (Å²) in [5, 5.41) is 9.92. The number of hydrogen-bond acceptors (Lipinski definition) is 3. The van der Waals surface area contributed by atoms with Crippen LogP contribution in [0.4, 0.5) is 0 Å². The fourth-order valence-electron chi connectivity index (χ4n) is 5.19. The van der Waals surface area contributed by atoms with Crippen LogP contribution >= 0.6 is 0 Å². The second-order valence-corrected chi connectivity index (χ2v) is 7.98. The minimum absolute atomic E-state index is 0.0545. The minimum Gasteiger partial charge on any atom is -0.481 e. The Morgan fingerprint density at radius 3 is 2.54 bits per heavy atom. The van der Waals surface area contributed by atoms with Crippen molar-refractivity contribution in [1.29, 1.82) is 0 Å². The number of carboxylic acids is 1. The van der Waals surface area contributed by atoms with E-state index in [-0.39, 0.29) is 29.6 Å². The predicted octanol–water partition coefficient (Wildman–Crippen LogP) is 3.18. The Balaban J connectivity index is 2.30. The van der Waals surface area contributed by atoms with Crippen LogP contribution in [0, 0.1) is 28.7 Å². The lowest BCUT2D eigenvalue weighted by Gasteiger charge is -2.57. The van der Waals surface area contributed by atoms with Crippen LogP contribution in [-0.2, 0) is 14.4 Å². The fraction of sp³-hybridized carbons (Fsp3) is 0.579. The lowest BCUT2D eigenvalue weighted by Crippen LogP contribution is -2.55. The molecular formula is C19H21NO4. The largest absolute Gasteiger partial charge is 0.481 e. The van der Waals surface area contributed by atoms with Crippen molar-refractivity contribution in [2.24, 2.45) is 22.2 Å². The second kappa shape index (κ2) is 4.89. The summed E-state index contributed by atoms with van der Waals surface area (Å²) in [6.07, 6.45) is 4.66. The van der Waals surface area contributed by atoms with Crippen molar-refractivity contribution in [2.75, 3.05) is 0 Å². The highest BCUT2D eigenvalue weighted by molar-refractivity contribution is 6.03. The highest BCUT2D eigenvalue weighted by Gasteiger charge is 2.62. The van der Waals surface area contributed by atoms with Gasteiger partial charge in [0.1, 0.15) is 0 Å². The third-order valence-corrected chi connectivity index (χ3v) is 6.44. The molecule has 0 aromatic rings.